The summed E-state index contributed by atoms with van der Waals surface area (Å²) in [7, 11) is 0. The van der Waals surface area contributed by atoms with E-state index in [0.29, 0.717) is 6.04 Å². The van der Waals surface area contributed by atoms with Gasteiger partial charge < -0.3 is 10.5 Å². The van der Waals surface area contributed by atoms with Crippen LogP contribution in [0.25, 0.3) is 0 Å². The third-order valence-electron chi connectivity index (χ3n) is 3.07. The van der Waals surface area contributed by atoms with Crippen molar-refractivity contribution in [2.45, 2.75) is 19.4 Å². The van der Waals surface area contributed by atoms with Gasteiger partial charge in [-0.05, 0) is 31.5 Å². The first-order valence-corrected chi connectivity index (χ1v) is 5.92. The molecule has 1 atom stereocenters. The number of aryl methyl sites for hydroxylation is 1. The summed E-state index contributed by atoms with van der Waals surface area (Å²) in [5.74, 6) is 0.992. The quantitative estimate of drug-likeness (QED) is 0.833. The van der Waals surface area contributed by atoms with Gasteiger partial charge in [0.15, 0.2) is 0 Å². The van der Waals surface area contributed by atoms with E-state index in [4.69, 9.17) is 10.5 Å². The third kappa shape index (κ3) is 2.97. The Morgan fingerprint density at radius 1 is 1.44 bits per heavy atom. The number of ether oxygens (including phenoxy) is 1. The van der Waals surface area contributed by atoms with E-state index in [1.165, 1.54) is 5.56 Å². The van der Waals surface area contributed by atoms with Crippen molar-refractivity contribution in [2.24, 2.45) is 5.73 Å². The average Bonchev–Trinajstić information content (AvgIpc) is 2.67. The van der Waals surface area contributed by atoms with Crippen LogP contribution in [0.2, 0.25) is 0 Å². The fourth-order valence-corrected chi connectivity index (χ4v) is 2.07. The summed E-state index contributed by atoms with van der Waals surface area (Å²) >= 11 is 0. The third-order valence-corrected chi connectivity index (χ3v) is 3.07. The maximum absolute atomic E-state index is 5.85. The van der Waals surface area contributed by atoms with Crippen LogP contribution < -0.4 is 10.5 Å². The molecule has 0 spiro atoms. The standard InChI is InChI=1S/C13H20N2O/c1-11-4-2-3-5-13(11)16-9-8-15-7-6-12(14)10-15/h2-5,12H,6-10,14H2,1H3/t12-/m0/s1. The van der Waals surface area contributed by atoms with Gasteiger partial charge in [0.1, 0.15) is 12.4 Å². The van der Waals surface area contributed by atoms with E-state index >= 15 is 0 Å². The van der Waals surface area contributed by atoms with Crippen molar-refractivity contribution in [1.82, 2.24) is 4.90 Å². The second-order valence-corrected chi connectivity index (χ2v) is 4.46. The summed E-state index contributed by atoms with van der Waals surface area (Å²) in [6.07, 6.45) is 1.12. The number of nitrogens with two attached hydrogens (primary N) is 1. The second-order valence-electron chi connectivity index (χ2n) is 4.46. The van der Waals surface area contributed by atoms with E-state index in [1.807, 2.05) is 18.2 Å². The minimum absolute atomic E-state index is 0.360. The summed E-state index contributed by atoms with van der Waals surface area (Å²) in [4.78, 5) is 2.36. The van der Waals surface area contributed by atoms with Crippen LogP contribution in [0.1, 0.15) is 12.0 Å². The first-order valence-electron chi connectivity index (χ1n) is 5.92. The van der Waals surface area contributed by atoms with Crippen LogP contribution in [-0.2, 0) is 0 Å². The molecule has 0 radical (unpaired) electrons. The summed E-state index contributed by atoms with van der Waals surface area (Å²) in [5.41, 5.74) is 7.04. The van der Waals surface area contributed by atoms with Crippen LogP contribution in [0.5, 0.6) is 5.75 Å². The van der Waals surface area contributed by atoms with E-state index in [-0.39, 0.29) is 0 Å². The molecule has 0 aromatic heterocycles. The molecule has 3 heteroatoms. The molecule has 1 aliphatic rings. The fraction of sp³-hybridized carbons (Fsp3) is 0.538. The Labute approximate surface area is 97.2 Å². The molecular formula is C13H20N2O. The van der Waals surface area contributed by atoms with Crippen LogP contribution >= 0.6 is 0 Å². The minimum atomic E-state index is 0.360. The number of nitrogens with zero attached hydrogens (tertiary/aromatic N) is 1. The van der Waals surface area contributed by atoms with Crippen molar-refractivity contribution < 1.29 is 4.74 Å². The molecule has 2 rings (SSSR count). The van der Waals surface area contributed by atoms with E-state index in [1.54, 1.807) is 0 Å². The number of hydrogen-bond donors (Lipinski definition) is 1. The van der Waals surface area contributed by atoms with Crippen LogP contribution in [0, 0.1) is 6.92 Å². The minimum Gasteiger partial charge on any atom is -0.492 e. The predicted molar refractivity (Wildman–Crippen MR) is 65.7 cm³/mol. The van der Waals surface area contributed by atoms with Gasteiger partial charge >= 0.3 is 0 Å². The lowest BCUT2D eigenvalue weighted by molar-refractivity contribution is 0.235. The molecule has 3 nitrogen and oxygen atoms in total. The number of likely N-dealkylation sites (tertiary alicyclic amines) is 1. The Morgan fingerprint density at radius 2 is 2.25 bits per heavy atom. The SMILES string of the molecule is Cc1ccccc1OCCN1CC[C@H](N)C1. The molecule has 1 fully saturated rings. The lowest BCUT2D eigenvalue weighted by atomic mass is 10.2. The number of benzene rings is 1. The van der Waals surface area contributed by atoms with Gasteiger partial charge in [-0.3, -0.25) is 4.90 Å². The van der Waals surface area contributed by atoms with Gasteiger partial charge in [-0.1, -0.05) is 18.2 Å². The van der Waals surface area contributed by atoms with E-state index in [0.717, 1.165) is 38.4 Å². The summed E-state index contributed by atoms with van der Waals surface area (Å²) in [5, 5.41) is 0. The molecule has 1 heterocycles. The Hall–Kier alpha value is -1.06. The molecule has 0 aliphatic carbocycles. The van der Waals surface area contributed by atoms with Gasteiger partial charge in [0.2, 0.25) is 0 Å². The number of hydrogen-bond acceptors (Lipinski definition) is 3. The van der Waals surface area contributed by atoms with E-state index in [2.05, 4.69) is 17.9 Å². The van der Waals surface area contributed by atoms with Gasteiger partial charge in [0, 0.05) is 19.1 Å². The molecule has 0 amide bonds. The van der Waals surface area contributed by atoms with Crippen molar-refractivity contribution in [3.05, 3.63) is 29.8 Å². The average molecular weight is 220 g/mol. The van der Waals surface area contributed by atoms with Crippen molar-refractivity contribution in [2.75, 3.05) is 26.2 Å². The molecule has 16 heavy (non-hydrogen) atoms. The van der Waals surface area contributed by atoms with Crippen LogP contribution in [0.15, 0.2) is 24.3 Å². The summed E-state index contributed by atoms with van der Waals surface area (Å²) < 4.78 is 5.75. The molecule has 1 aliphatic heterocycles. The summed E-state index contributed by atoms with van der Waals surface area (Å²) in [6.45, 7) is 5.91. The zero-order valence-electron chi connectivity index (χ0n) is 9.86. The Balaban J connectivity index is 1.74. The Morgan fingerprint density at radius 3 is 2.94 bits per heavy atom. The van der Waals surface area contributed by atoms with E-state index < -0.39 is 0 Å². The maximum atomic E-state index is 5.85. The maximum Gasteiger partial charge on any atom is 0.122 e. The number of para-hydroxylation sites is 1. The van der Waals surface area contributed by atoms with Crippen LogP contribution in [-0.4, -0.2) is 37.2 Å². The fourth-order valence-electron chi connectivity index (χ4n) is 2.07. The number of rotatable bonds is 4. The van der Waals surface area contributed by atoms with Crippen molar-refractivity contribution in [1.29, 1.82) is 0 Å². The largest absolute Gasteiger partial charge is 0.492 e. The van der Waals surface area contributed by atoms with Gasteiger partial charge in [0.05, 0.1) is 0 Å². The monoisotopic (exact) mass is 220 g/mol. The molecule has 2 N–H and O–H groups in total. The smallest absolute Gasteiger partial charge is 0.122 e. The van der Waals surface area contributed by atoms with Gasteiger partial charge in [0.25, 0.3) is 0 Å². The Kier molecular flexibility index (Phi) is 3.80. The molecule has 0 saturated carbocycles. The zero-order valence-corrected chi connectivity index (χ0v) is 9.86. The van der Waals surface area contributed by atoms with Crippen molar-refractivity contribution in [3.63, 3.8) is 0 Å². The topological polar surface area (TPSA) is 38.5 Å². The zero-order chi connectivity index (χ0) is 11.4. The Bertz CT molecular complexity index is 340. The highest BCUT2D eigenvalue weighted by Crippen LogP contribution is 2.16. The van der Waals surface area contributed by atoms with Crippen LogP contribution in [0.4, 0.5) is 0 Å². The van der Waals surface area contributed by atoms with Crippen LogP contribution in [0.3, 0.4) is 0 Å². The molecular weight excluding hydrogens is 200 g/mol. The van der Waals surface area contributed by atoms with Gasteiger partial charge in [-0.25, -0.2) is 0 Å². The lowest BCUT2D eigenvalue weighted by Gasteiger charge is -2.16. The molecule has 1 aromatic rings. The first-order chi connectivity index (χ1) is 7.75. The highest BCUT2D eigenvalue weighted by molar-refractivity contribution is 5.31. The highest BCUT2D eigenvalue weighted by atomic mass is 16.5. The second kappa shape index (κ2) is 5.32. The molecule has 88 valence electrons. The molecule has 0 bridgehead atoms. The molecule has 0 unspecified atom stereocenters. The highest BCUT2D eigenvalue weighted by Gasteiger charge is 2.18. The molecule has 1 aromatic carbocycles. The summed E-state index contributed by atoms with van der Waals surface area (Å²) in [6, 6.07) is 8.49. The van der Waals surface area contributed by atoms with Crippen molar-refractivity contribution in [3.8, 4) is 5.75 Å². The van der Waals surface area contributed by atoms with Gasteiger partial charge in [-0.2, -0.15) is 0 Å². The predicted octanol–water partition coefficient (Wildman–Crippen LogP) is 1.41. The lowest BCUT2D eigenvalue weighted by Crippen LogP contribution is -2.29. The van der Waals surface area contributed by atoms with Gasteiger partial charge in [-0.15, -0.1) is 0 Å². The van der Waals surface area contributed by atoms with E-state index in [9.17, 15) is 0 Å². The molecule has 1 saturated heterocycles. The normalized spacial score (nSPS) is 21.2. The first kappa shape index (κ1) is 11.4. The van der Waals surface area contributed by atoms with Crippen molar-refractivity contribution >= 4 is 0 Å².